The smallest absolute Gasteiger partial charge is 0.182 e. The molecule has 0 amide bonds. The first kappa shape index (κ1) is 7.21. The van der Waals surface area contributed by atoms with E-state index in [9.17, 15) is 0 Å². The van der Waals surface area contributed by atoms with Gasteiger partial charge in [-0.15, -0.1) is 10.2 Å². The van der Waals surface area contributed by atoms with Crippen LogP contribution in [0, 0.1) is 6.92 Å². The van der Waals surface area contributed by atoms with Crippen LogP contribution in [-0.4, -0.2) is 19.6 Å². The number of nitrogens with zero attached hydrogens (tertiary/aromatic N) is 4. The second kappa shape index (κ2) is 2.55. The van der Waals surface area contributed by atoms with Crippen molar-refractivity contribution in [3.8, 4) is 0 Å². The van der Waals surface area contributed by atoms with Crippen molar-refractivity contribution in [2.24, 2.45) is 0 Å². The largest absolute Gasteiger partial charge is 0.286 e. The Morgan fingerprint density at radius 2 is 2.33 bits per heavy atom. The van der Waals surface area contributed by atoms with Gasteiger partial charge in [0, 0.05) is 6.20 Å². The molecule has 0 N–H and O–H groups in total. The van der Waals surface area contributed by atoms with Gasteiger partial charge in [0.05, 0.1) is 11.4 Å². The molecule has 0 fully saturated rings. The first-order valence-electron chi connectivity index (χ1n) is 3.97. The molecule has 2 heterocycles. The molecule has 0 aromatic carbocycles. The van der Waals surface area contributed by atoms with Crippen LogP contribution in [0.25, 0.3) is 5.65 Å². The lowest BCUT2D eigenvalue weighted by atomic mass is 10.3. The quantitative estimate of drug-likeness (QED) is 0.628. The fraction of sp³-hybridized carbons (Fsp3) is 0.375. The predicted molar refractivity (Wildman–Crippen MR) is 44.9 cm³/mol. The number of fused-ring (bicyclic) bond motifs is 1. The van der Waals surface area contributed by atoms with Crippen molar-refractivity contribution >= 4 is 5.65 Å². The van der Waals surface area contributed by atoms with E-state index in [4.69, 9.17) is 0 Å². The molecule has 0 atom stereocenters. The van der Waals surface area contributed by atoms with E-state index in [1.807, 2.05) is 17.5 Å². The average molecular weight is 162 g/mol. The molecule has 0 aliphatic carbocycles. The van der Waals surface area contributed by atoms with Gasteiger partial charge in [0.2, 0.25) is 0 Å². The molecule has 62 valence electrons. The number of aryl methyl sites for hydroxylation is 2. The van der Waals surface area contributed by atoms with Crippen molar-refractivity contribution < 1.29 is 0 Å². The Morgan fingerprint density at radius 1 is 1.50 bits per heavy atom. The molecule has 4 nitrogen and oxygen atoms in total. The van der Waals surface area contributed by atoms with Crippen LogP contribution < -0.4 is 0 Å². The highest BCUT2D eigenvalue weighted by molar-refractivity contribution is 5.42. The van der Waals surface area contributed by atoms with Crippen LogP contribution in [0.4, 0.5) is 0 Å². The monoisotopic (exact) mass is 162 g/mol. The standard InChI is InChI=1S/C8H10N4/c1-3-7-8-11-9-5-12(8)4-6(2)10-7/h4-5H,3H2,1-2H3. The summed E-state index contributed by atoms with van der Waals surface area (Å²) in [6.07, 6.45) is 4.52. The van der Waals surface area contributed by atoms with Gasteiger partial charge < -0.3 is 0 Å². The van der Waals surface area contributed by atoms with E-state index < -0.39 is 0 Å². The van der Waals surface area contributed by atoms with E-state index in [1.54, 1.807) is 6.33 Å². The Labute approximate surface area is 70.3 Å². The fourth-order valence-electron chi connectivity index (χ4n) is 1.27. The third kappa shape index (κ3) is 0.958. The molecule has 0 bridgehead atoms. The predicted octanol–water partition coefficient (Wildman–Crippen LogP) is 0.995. The maximum Gasteiger partial charge on any atom is 0.182 e. The van der Waals surface area contributed by atoms with E-state index in [1.165, 1.54) is 0 Å². The first-order chi connectivity index (χ1) is 5.81. The molecule has 0 radical (unpaired) electrons. The summed E-state index contributed by atoms with van der Waals surface area (Å²) in [5.41, 5.74) is 2.87. The van der Waals surface area contributed by atoms with Gasteiger partial charge in [-0.25, -0.2) is 0 Å². The van der Waals surface area contributed by atoms with Crippen molar-refractivity contribution in [1.82, 2.24) is 19.6 Å². The number of hydrogen-bond donors (Lipinski definition) is 0. The van der Waals surface area contributed by atoms with Crippen LogP contribution in [0.3, 0.4) is 0 Å². The Hall–Kier alpha value is -1.45. The van der Waals surface area contributed by atoms with Gasteiger partial charge in [-0.05, 0) is 13.3 Å². The Balaban J connectivity index is 2.80. The van der Waals surface area contributed by atoms with E-state index in [0.717, 1.165) is 23.5 Å². The van der Waals surface area contributed by atoms with Crippen LogP contribution in [-0.2, 0) is 6.42 Å². The van der Waals surface area contributed by atoms with Crippen molar-refractivity contribution in [3.05, 3.63) is 23.9 Å². The average Bonchev–Trinajstić information content (AvgIpc) is 2.50. The van der Waals surface area contributed by atoms with E-state index in [2.05, 4.69) is 22.1 Å². The third-order valence-corrected chi connectivity index (χ3v) is 1.80. The minimum Gasteiger partial charge on any atom is -0.286 e. The number of aromatic nitrogens is 4. The molecule has 0 spiro atoms. The lowest BCUT2D eigenvalue weighted by Crippen LogP contribution is -1.97. The highest BCUT2D eigenvalue weighted by atomic mass is 15.2. The summed E-state index contributed by atoms with van der Waals surface area (Å²) in [6.45, 7) is 4.04. The summed E-state index contributed by atoms with van der Waals surface area (Å²) in [6, 6.07) is 0. The van der Waals surface area contributed by atoms with Gasteiger partial charge in [-0.2, -0.15) is 0 Å². The van der Waals surface area contributed by atoms with Gasteiger partial charge in [0.15, 0.2) is 5.65 Å². The van der Waals surface area contributed by atoms with Crippen molar-refractivity contribution in [3.63, 3.8) is 0 Å². The molecule has 2 aromatic rings. The van der Waals surface area contributed by atoms with E-state index in [-0.39, 0.29) is 0 Å². The van der Waals surface area contributed by atoms with Crippen LogP contribution in [0.2, 0.25) is 0 Å². The van der Waals surface area contributed by atoms with Gasteiger partial charge >= 0.3 is 0 Å². The molecule has 0 aliphatic rings. The molecule has 0 aliphatic heterocycles. The third-order valence-electron chi connectivity index (χ3n) is 1.80. The van der Waals surface area contributed by atoms with Gasteiger partial charge in [-0.1, -0.05) is 6.92 Å². The van der Waals surface area contributed by atoms with Crippen LogP contribution in [0.1, 0.15) is 18.3 Å². The maximum absolute atomic E-state index is 4.37. The highest BCUT2D eigenvalue weighted by Crippen LogP contribution is 2.06. The summed E-state index contributed by atoms with van der Waals surface area (Å²) < 4.78 is 1.90. The van der Waals surface area contributed by atoms with E-state index in [0.29, 0.717) is 0 Å². The lowest BCUT2D eigenvalue weighted by molar-refractivity contribution is 0.961. The molecule has 0 saturated carbocycles. The normalized spacial score (nSPS) is 10.8. The molecular formula is C8H10N4. The van der Waals surface area contributed by atoms with Crippen LogP contribution >= 0.6 is 0 Å². The summed E-state index contributed by atoms with van der Waals surface area (Å²) in [5, 5.41) is 7.81. The van der Waals surface area contributed by atoms with Gasteiger partial charge in [0.25, 0.3) is 0 Å². The van der Waals surface area contributed by atoms with Gasteiger partial charge in [-0.3, -0.25) is 9.38 Å². The SMILES string of the molecule is CCc1nc(C)cn2cnnc12. The zero-order valence-corrected chi connectivity index (χ0v) is 7.15. The molecule has 0 saturated heterocycles. The van der Waals surface area contributed by atoms with Crippen molar-refractivity contribution in [2.75, 3.05) is 0 Å². The zero-order chi connectivity index (χ0) is 8.55. The number of hydrogen-bond acceptors (Lipinski definition) is 3. The topological polar surface area (TPSA) is 43.1 Å². The van der Waals surface area contributed by atoms with Gasteiger partial charge in [0.1, 0.15) is 6.33 Å². The lowest BCUT2D eigenvalue weighted by Gasteiger charge is -1.99. The second-order valence-electron chi connectivity index (χ2n) is 2.74. The summed E-state index contributed by atoms with van der Waals surface area (Å²) in [4.78, 5) is 4.37. The molecule has 4 heteroatoms. The second-order valence-corrected chi connectivity index (χ2v) is 2.74. The number of rotatable bonds is 1. The van der Waals surface area contributed by atoms with Crippen molar-refractivity contribution in [2.45, 2.75) is 20.3 Å². The molecule has 12 heavy (non-hydrogen) atoms. The Bertz CT molecular complexity index is 404. The highest BCUT2D eigenvalue weighted by Gasteiger charge is 2.03. The summed E-state index contributed by atoms with van der Waals surface area (Å²) in [7, 11) is 0. The molecule has 2 rings (SSSR count). The van der Waals surface area contributed by atoms with Crippen LogP contribution in [0.5, 0.6) is 0 Å². The fourth-order valence-corrected chi connectivity index (χ4v) is 1.27. The van der Waals surface area contributed by atoms with E-state index >= 15 is 0 Å². The maximum atomic E-state index is 4.37. The Kier molecular flexibility index (Phi) is 1.53. The first-order valence-corrected chi connectivity index (χ1v) is 3.97. The summed E-state index contributed by atoms with van der Waals surface area (Å²) >= 11 is 0. The zero-order valence-electron chi connectivity index (χ0n) is 7.15. The minimum absolute atomic E-state index is 0.864. The molecular weight excluding hydrogens is 152 g/mol. The minimum atomic E-state index is 0.864. The molecule has 2 aromatic heterocycles. The van der Waals surface area contributed by atoms with Crippen molar-refractivity contribution in [1.29, 1.82) is 0 Å². The Morgan fingerprint density at radius 3 is 3.08 bits per heavy atom. The van der Waals surface area contributed by atoms with Crippen LogP contribution in [0.15, 0.2) is 12.5 Å². The summed E-state index contributed by atoms with van der Waals surface area (Å²) in [5.74, 6) is 0. The molecule has 0 unspecified atom stereocenters.